The van der Waals surface area contributed by atoms with Crippen molar-refractivity contribution in [3.63, 3.8) is 0 Å². The summed E-state index contributed by atoms with van der Waals surface area (Å²) in [5.41, 5.74) is 9.60. The van der Waals surface area contributed by atoms with Gasteiger partial charge < -0.3 is 16.2 Å². The molecule has 0 bridgehead atoms. The van der Waals surface area contributed by atoms with E-state index in [1.54, 1.807) is 0 Å². The van der Waals surface area contributed by atoms with Gasteiger partial charge in [-0.2, -0.15) is 0 Å². The van der Waals surface area contributed by atoms with Crippen molar-refractivity contribution in [1.29, 1.82) is 0 Å². The minimum absolute atomic E-state index is 0.141. The Kier molecular flexibility index (Phi) is 5.83. The van der Waals surface area contributed by atoms with Gasteiger partial charge in [0.25, 0.3) is 0 Å². The number of aryl methyl sites for hydroxylation is 2. The molecule has 1 fully saturated rings. The first kappa shape index (κ1) is 16.8. The molecule has 0 unspecified atom stereocenters. The van der Waals surface area contributed by atoms with E-state index in [0.717, 1.165) is 24.9 Å². The summed E-state index contributed by atoms with van der Waals surface area (Å²) in [6, 6.07) is 6.27. The Bertz CT molecular complexity index is 493. The smallest absolute Gasteiger partial charge is 0.193 e. The van der Waals surface area contributed by atoms with E-state index in [0.29, 0.717) is 12.5 Å². The fraction of sp³-hybridized carbons (Fsp3) is 0.611. The first-order chi connectivity index (χ1) is 10.5. The molecule has 0 aliphatic heterocycles. The predicted octanol–water partition coefficient (Wildman–Crippen LogP) is 3.36. The molecule has 1 saturated carbocycles. The van der Waals surface area contributed by atoms with Gasteiger partial charge in [-0.15, -0.1) is 0 Å². The molecule has 1 aromatic carbocycles. The maximum absolute atomic E-state index is 9.35. The van der Waals surface area contributed by atoms with Crippen LogP contribution >= 0.6 is 0 Å². The number of hydrogen-bond acceptors (Lipinski definition) is 2. The zero-order valence-electron chi connectivity index (χ0n) is 13.9. The van der Waals surface area contributed by atoms with Crippen molar-refractivity contribution in [3.05, 3.63) is 29.3 Å². The molecule has 4 N–H and O–H groups in total. The van der Waals surface area contributed by atoms with Gasteiger partial charge >= 0.3 is 0 Å². The van der Waals surface area contributed by atoms with Crippen molar-refractivity contribution in [2.24, 2.45) is 16.1 Å². The Morgan fingerprint density at radius 2 is 1.82 bits per heavy atom. The SMILES string of the molecule is Cc1cc(C)cc(NC(N)=NCC2(CCO)CCCCC2)c1. The highest BCUT2D eigenvalue weighted by molar-refractivity contribution is 5.92. The minimum Gasteiger partial charge on any atom is -0.396 e. The molecule has 4 nitrogen and oxygen atoms in total. The van der Waals surface area contributed by atoms with Crippen LogP contribution in [-0.2, 0) is 0 Å². The van der Waals surface area contributed by atoms with E-state index in [1.165, 1.54) is 30.4 Å². The molecule has 0 heterocycles. The Labute approximate surface area is 133 Å². The van der Waals surface area contributed by atoms with Crippen molar-refractivity contribution in [1.82, 2.24) is 0 Å². The Balaban J connectivity index is 2.01. The van der Waals surface area contributed by atoms with E-state index in [9.17, 15) is 5.11 Å². The summed E-state index contributed by atoms with van der Waals surface area (Å²) < 4.78 is 0. The zero-order chi connectivity index (χ0) is 16.0. The normalized spacial score (nSPS) is 18.2. The lowest BCUT2D eigenvalue weighted by molar-refractivity contribution is 0.137. The van der Waals surface area contributed by atoms with Gasteiger partial charge in [0, 0.05) is 18.8 Å². The molecule has 0 atom stereocenters. The topological polar surface area (TPSA) is 70.6 Å². The van der Waals surface area contributed by atoms with E-state index in [-0.39, 0.29) is 12.0 Å². The molecule has 1 aliphatic rings. The minimum atomic E-state index is 0.141. The second-order valence-corrected chi connectivity index (χ2v) is 6.74. The fourth-order valence-electron chi connectivity index (χ4n) is 3.51. The highest BCUT2D eigenvalue weighted by atomic mass is 16.3. The molecule has 0 radical (unpaired) electrons. The lowest BCUT2D eigenvalue weighted by Gasteiger charge is -2.35. The van der Waals surface area contributed by atoms with Gasteiger partial charge in [-0.3, -0.25) is 4.99 Å². The molecule has 22 heavy (non-hydrogen) atoms. The van der Waals surface area contributed by atoms with Crippen LogP contribution in [0.3, 0.4) is 0 Å². The van der Waals surface area contributed by atoms with Crippen LogP contribution in [0.15, 0.2) is 23.2 Å². The van der Waals surface area contributed by atoms with E-state index in [4.69, 9.17) is 5.73 Å². The van der Waals surface area contributed by atoms with Crippen LogP contribution in [-0.4, -0.2) is 24.2 Å². The molecular weight excluding hydrogens is 274 g/mol. The summed E-state index contributed by atoms with van der Waals surface area (Å²) in [7, 11) is 0. The first-order valence-corrected chi connectivity index (χ1v) is 8.29. The second kappa shape index (κ2) is 7.63. The highest BCUT2D eigenvalue weighted by Gasteiger charge is 2.31. The Morgan fingerprint density at radius 3 is 2.41 bits per heavy atom. The molecule has 0 saturated heterocycles. The molecule has 1 aliphatic carbocycles. The summed E-state index contributed by atoms with van der Waals surface area (Å²) in [6.45, 7) is 5.09. The number of aliphatic hydroxyl groups excluding tert-OH is 1. The van der Waals surface area contributed by atoms with Gasteiger partial charge in [-0.1, -0.05) is 25.3 Å². The lowest BCUT2D eigenvalue weighted by atomic mass is 9.72. The van der Waals surface area contributed by atoms with Crippen LogP contribution in [0, 0.1) is 19.3 Å². The third kappa shape index (κ3) is 4.73. The van der Waals surface area contributed by atoms with Gasteiger partial charge in [-0.05, 0) is 61.8 Å². The fourth-order valence-corrected chi connectivity index (χ4v) is 3.51. The van der Waals surface area contributed by atoms with Gasteiger partial charge in [0.05, 0.1) is 0 Å². The van der Waals surface area contributed by atoms with Crippen LogP contribution < -0.4 is 11.1 Å². The van der Waals surface area contributed by atoms with E-state index in [1.807, 2.05) is 0 Å². The highest BCUT2D eigenvalue weighted by Crippen LogP contribution is 2.39. The molecule has 2 rings (SSSR count). The Hall–Kier alpha value is -1.55. The number of hydrogen-bond donors (Lipinski definition) is 3. The standard InChI is InChI=1S/C18H29N3O/c1-14-10-15(2)12-16(11-14)21-17(19)20-13-18(8-9-22)6-4-3-5-7-18/h10-12,22H,3-9,13H2,1-2H3,(H3,19,20,21). The maximum atomic E-state index is 9.35. The number of aliphatic hydroxyl groups is 1. The summed E-state index contributed by atoms with van der Waals surface area (Å²) in [5.74, 6) is 0.466. The van der Waals surface area contributed by atoms with Crippen LogP contribution in [0.1, 0.15) is 49.7 Å². The van der Waals surface area contributed by atoms with Gasteiger partial charge in [0.2, 0.25) is 0 Å². The van der Waals surface area contributed by atoms with Crippen molar-refractivity contribution in [3.8, 4) is 0 Å². The summed E-state index contributed by atoms with van der Waals surface area (Å²) in [4.78, 5) is 4.57. The van der Waals surface area contributed by atoms with Crippen LogP contribution in [0.2, 0.25) is 0 Å². The molecule has 4 heteroatoms. The average molecular weight is 303 g/mol. The predicted molar refractivity (Wildman–Crippen MR) is 93.2 cm³/mol. The quantitative estimate of drug-likeness (QED) is 0.577. The Morgan fingerprint density at radius 1 is 1.18 bits per heavy atom. The number of guanidine groups is 1. The number of nitrogens with two attached hydrogens (primary N) is 1. The van der Waals surface area contributed by atoms with Gasteiger partial charge in [0.1, 0.15) is 0 Å². The molecular formula is C18H29N3O. The maximum Gasteiger partial charge on any atom is 0.193 e. The first-order valence-electron chi connectivity index (χ1n) is 8.29. The monoisotopic (exact) mass is 303 g/mol. The van der Waals surface area contributed by atoms with Gasteiger partial charge in [0.15, 0.2) is 5.96 Å². The number of nitrogens with zero attached hydrogens (tertiary/aromatic N) is 1. The van der Waals surface area contributed by atoms with Gasteiger partial charge in [-0.25, -0.2) is 0 Å². The summed E-state index contributed by atoms with van der Waals surface area (Å²) >= 11 is 0. The van der Waals surface area contributed by atoms with Crippen molar-refractivity contribution in [2.75, 3.05) is 18.5 Å². The number of benzene rings is 1. The third-order valence-corrected chi connectivity index (χ3v) is 4.64. The molecule has 0 spiro atoms. The van der Waals surface area contributed by atoms with Crippen molar-refractivity contribution >= 4 is 11.6 Å². The average Bonchev–Trinajstić information content (AvgIpc) is 2.45. The molecule has 1 aromatic rings. The van der Waals surface area contributed by atoms with Crippen molar-refractivity contribution < 1.29 is 5.11 Å². The summed E-state index contributed by atoms with van der Waals surface area (Å²) in [6.07, 6.45) is 6.89. The largest absolute Gasteiger partial charge is 0.396 e. The van der Waals surface area contributed by atoms with E-state index >= 15 is 0 Å². The molecule has 0 aromatic heterocycles. The van der Waals surface area contributed by atoms with E-state index in [2.05, 4.69) is 42.4 Å². The molecule has 0 amide bonds. The van der Waals surface area contributed by atoms with Crippen LogP contribution in [0.4, 0.5) is 5.69 Å². The number of nitrogens with one attached hydrogen (secondary N) is 1. The van der Waals surface area contributed by atoms with E-state index < -0.39 is 0 Å². The zero-order valence-corrected chi connectivity index (χ0v) is 13.9. The lowest BCUT2D eigenvalue weighted by Crippen LogP contribution is -2.31. The molecule has 122 valence electrons. The van der Waals surface area contributed by atoms with Crippen LogP contribution in [0.5, 0.6) is 0 Å². The number of anilines is 1. The van der Waals surface area contributed by atoms with Crippen LogP contribution in [0.25, 0.3) is 0 Å². The number of rotatable bonds is 5. The number of aliphatic imine (C=N–C) groups is 1. The van der Waals surface area contributed by atoms with Crippen molar-refractivity contribution in [2.45, 2.75) is 52.4 Å². The third-order valence-electron chi connectivity index (χ3n) is 4.64. The second-order valence-electron chi connectivity index (χ2n) is 6.74. The summed E-state index contributed by atoms with van der Waals surface area (Å²) in [5, 5.41) is 12.5.